The SMILES string of the molecule is CC(=O)OC[C@@H](C)[C@H]1CC[C@H]2/C(=C/C=C3C[C@@H](OC(C)=O)C[C@H](OC(C)=O)C3)CCC[C@]12C. The minimum absolute atomic E-state index is 0.205. The predicted molar refractivity (Wildman–Crippen MR) is 125 cm³/mol. The van der Waals surface area contributed by atoms with E-state index in [2.05, 4.69) is 26.0 Å². The lowest BCUT2D eigenvalue weighted by atomic mass is 9.61. The second kappa shape index (κ2) is 10.9. The number of esters is 3. The summed E-state index contributed by atoms with van der Waals surface area (Å²) in [5, 5.41) is 0. The van der Waals surface area contributed by atoms with Crippen LogP contribution in [0.25, 0.3) is 0 Å². The maximum atomic E-state index is 11.5. The Morgan fingerprint density at radius 2 is 1.64 bits per heavy atom. The monoisotopic (exact) mass is 460 g/mol. The Labute approximate surface area is 198 Å². The molecule has 33 heavy (non-hydrogen) atoms. The second-order valence-electron chi connectivity index (χ2n) is 10.5. The number of carbonyl (C=O) groups excluding carboxylic acids is 3. The fourth-order valence-corrected chi connectivity index (χ4v) is 6.72. The van der Waals surface area contributed by atoms with Gasteiger partial charge < -0.3 is 14.2 Å². The largest absolute Gasteiger partial charge is 0.466 e. The molecule has 0 saturated heterocycles. The van der Waals surface area contributed by atoms with Gasteiger partial charge in [0.25, 0.3) is 0 Å². The number of rotatable bonds is 6. The maximum Gasteiger partial charge on any atom is 0.302 e. The van der Waals surface area contributed by atoms with E-state index in [0.29, 0.717) is 43.6 Å². The van der Waals surface area contributed by atoms with Gasteiger partial charge in [-0.05, 0) is 55.3 Å². The van der Waals surface area contributed by atoms with Crippen LogP contribution in [-0.2, 0) is 28.6 Å². The van der Waals surface area contributed by atoms with Crippen LogP contribution in [0.4, 0.5) is 0 Å². The van der Waals surface area contributed by atoms with Crippen LogP contribution in [0.1, 0.15) is 86.0 Å². The van der Waals surface area contributed by atoms with Crippen molar-refractivity contribution in [2.75, 3.05) is 6.61 Å². The summed E-state index contributed by atoms with van der Waals surface area (Å²) in [6, 6.07) is 0. The van der Waals surface area contributed by atoms with E-state index in [4.69, 9.17) is 14.2 Å². The molecule has 0 bridgehead atoms. The quantitative estimate of drug-likeness (QED) is 0.395. The molecule has 6 atom stereocenters. The minimum Gasteiger partial charge on any atom is -0.466 e. The van der Waals surface area contributed by atoms with Gasteiger partial charge >= 0.3 is 17.9 Å². The third kappa shape index (κ3) is 6.48. The summed E-state index contributed by atoms with van der Waals surface area (Å²) in [5.41, 5.74) is 2.89. The first-order valence-corrected chi connectivity index (χ1v) is 12.4. The van der Waals surface area contributed by atoms with Crippen molar-refractivity contribution < 1.29 is 28.6 Å². The average Bonchev–Trinajstić information content (AvgIpc) is 3.07. The second-order valence-corrected chi connectivity index (χ2v) is 10.5. The van der Waals surface area contributed by atoms with Crippen molar-refractivity contribution in [2.24, 2.45) is 23.2 Å². The molecule has 0 aromatic heterocycles. The highest BCUT2D eigenvalue weighted by atomic mass is 16.6. The lowest BCUT2D eigenvalue weighted by Crippen LogP contribution is -2.37. The Balaban J connectivity index is 1.74. The van der Waals surface area contributed by atoms with E-state index < -0.39 is 0 Å². The van der Waals surface area contributed by atoms with Crippen LogP contribution in [0, 0.1) is 23.2 Å². The fourth-order valence-electron chi connectivity index (χ4n) is 6.72. The molecule has 3 saturated carbocycles. The van der Waals surface area contributed by atoms with Crippen LogP contribution in [0.5, 0.6) is 0 Å². The number of hydrogen-bond donors (Lipinski definition) is 0. The van der Waals surface area contributed by atoms with Gasteiger partial charge in [0.2, 0.25) is 0 Å². The molecular formula is C27H40O6. The van der Waals surface area contributed by atoms with E-state index in [0.717, 1.165) is 12.0 Å². The van der Waals surface area contributed by atoms with Crippen LogP contribution in [0.2, 0.25) is 0 Å². The normalized spacial score (nSPS) is 33.7. The molecule has 3 fully saturated rings. The van der Waals surface area contributed by atoms with Crippen molar-refractivity contribution in [1.82, 2.24) is 0 Å². The Morgan fingerprint density at radius 3 is 2.21 bits per heavy atom. The highest BCUT2D eigenvalue weighted by Crippen LogP contribution is 2.59. The Kier molecular flexibility index (Phi) is 8.41. The molecule has 0 aromatic carbocycles. The number of hydrogen-bond acceptors (Lipinski definition) is 6. The lowest BCUT2D eigenvalue weighted by molar-refractivity contribution is -0.154. The van der Waals surface area contributed by atoms with Crippen LogP contribution < -0.4 is 0 Å². The molecule has 0 N–H and O–H groups in total. The van der Waals surface area contributed by atoms with E-state index in [1.165, 1.54) is 52.0 Å². The van der Waals surface area contributed by atoms with Gasteiger partial charge in [-0.2, -0.15) is 0 Å². The van der Waals surface area contributed by atoms with Crippen molar-refractivity contribution in [2.45, 2.75) is 98.2 Å². The molecule has 3 aliphatic carbocycles. The Morgan fingerprint density at radius 1 is 1.00 bits per heavy atom. The topological polar surface area (TPSA) is 78.9 Å². The molecule has 0 aromatic rings. The van der Waals surface area contributed by atoms with Crippen molar-refractivity contribution in [3.8, 4) is 0 Å². The molecule has 184 valence electrons. The van der Waals surface area contributed by atoms with Gasteiger partial charge in [-0.3, -0.25) is 14.4 Å². The van der Waals surface area contributed by atoms with E-state index in [1.807, 2.05) is 0 Å². The summed E-state index contributed by atoms with van der Waals surface area (Å²) in [4.78, 5) is 34.3. The highest BCUT2D eigenvalue weighted by molar-refractivity contribution is 5.67. The van der Waals surface area contributed by atoms with E-state index in [-0.39, 0.29) is 35.5 Å². The molecule has 6 heteroatoms. The maximum absolute atomic E-state index is 11.5. The van der Waals surface area contributed by atoms with Crippen LogP contribution >= 0.6 is 0 Å². The van der Waals surface area contributed by atoms with Gasteiger partial charge in [-0.15, -0.1) is 0 Å². The third-order valence-corrected chi connectivity index (χ3v) is 7.98. The molecule has 0 radical (unpaired) electrons. The summed E-state index contributed by atoms with van der Waals surface area (Å²) in [6.45, 7) is 9.46. The third-order valence-electron chi connectivity index (χ3n) is 7.98. The summed E-state index contributed by atoms with van der Waals surface area (Å²) in [6.07, 6.45) is 11.7. The van der Waals surface area contributed by atoms with Crippen molar-refractivity contribution in [3.63, 3.8) is 0 Å². The van der Waals surface area contributed by atoms with E-state index >= 15 is 0 Å². The zero-order chi connectivity index (χ0) is 24.2. The summed E-state index contributed by atoms with van der Waals surface area (Å²) >= 11 is 0. The van der Waals surface area contributed by atoms with Gasteiger partial charge in [0, 0.05) is 40.0 Å². The zero-order valence-corrected chi connectivity index (χ0v) is 20.9. The summed E-state index contributed by atoms with van der Waals surface area (Å²) in [5.74, 6) is 0.644. The molecule has 0 unspecified atom stereocenters. The summed E-state index contributed by atoms with van der Waals surface area (Å²) in [7, 11) is 0. The van der Waals surface area contributed by atoms with E-state index in [1.54, 1.807) is 0 Å². The fraction of sp³-hybridized carbons (Fsp3) is 0.741. The number of carbonyl (C=O) groups is 3. The highest BCUT2D eigenvalue weighted by Gasteiger charge is 2.50. The number of ether oxygens (including phenoxy) is 3. The standard InChI is InChI=1S/C27H40O6/c1-17(16-31-18(2)28)25-10-11-26-22(7-6-12-27(25,26)5)9-8-21-13-23(32-19(3)29)15-24(14-21)33-20(4)30/h8-9,17,23-26H,6-7,10-16H2,1-5H3/b22-9+/t17-,23-,24-,25-,26+,27-/m1/s1. The first-order chi connectivity index (χ1) is 15.6. The molecule has 6 nitrogen and oxygen atoms in total. The van der Waals surface area contributed by atoms with Crippen molar-refractivity contribution >= 4 is 17.9 Å². The van der Waals surface area contributed by atoms with Gasteiger partial charge in [0.1, 0.15) is 12.2 Å². The smallest absolute Gasteiger partial charge is 0.302 e. The molecule has 0 aliphatic heterocycles. The van der Waals surface area contributed by atoms with Crippen molar-refractivity contribution in [3.05, 3.63) is 23.3 Å². The minimum atomic E-state index is -0.302. The van der Waals surface area contributed by atoms with Crippen molar-refractivity contribution in [1.29, 1.82) is 0 Å². The van der Waals surface area contributed by atoms with E-state index in [9.17, 15) is 14.4 Å². The molecular weight excluding hydrogens is 420 g/mol. The number of allylic oxidation sites excluding steroid dienone is 3. The van der Waals surface area contributed by atoms with Gasteiger partial charge in [-0.1, -0.05) is 37.1 Å². The van der Waals surface area contributed by atoms with Gasteiger partial charge in [-0.25, -0.2) is 0 Å². The summed E-state index contributed by atoms with van der Waals surface area (Å²) < 4.78 is 16.3. The zero-order valence-electron chi connectivity index (χ0n) is 20.9. The Hall–Kier alpha value is -2.11. The molecule has 0 heterocycles. The van der Waals surface area contributed by atoms with Gasteiger partial charge in [0.15, 0.2) is 0 Å². The first-order valence-electron chi connectivity index (χ1n) is 12.4. The molecule has 3 rings (SSSR count). The van der Waals surface area contributed by atoms with Crippen LogP contribution in [0.15, 0.2) is 23.3 Å². The van der Waals surface area contributed by atoms with Crippen LogP contribution in [0.3, 0.4) is 0 Å². The Bertz CT molecular complexity index is 785. The first kappa shape index (κ1) is 25.5. The number of fused-ring (bicyclic) bond motifs is 1. The predicted octanol–water partition coefficient (Wildman–Crippen LogP) is 5.30. The average molecular weight is 461 g/mol. The molecule has 3 aliphatic rings. The van der Waals surface area contributed by atoms with Gasteiger partial charge in [0.05, 0.1) is 6.61 Å². The lowest BCUT2D eigenvalue weighted by Gasteiger charge is -2.44. The molecule has 0 spiro atoms. The molecule has 0 amide bonds. The van der Waals surface area contributed by atoms with Crippen LogP contribution in [-0.4, -0.2) is 36.7 Å².